The number of hydrogen-bond donors (Lipinski definition) is 1. The molecule has 1 saturated heterocycles. The third kappa shape index (κ3) is 3.51. The minimum Gasteiger partial charge on any atom is -0.493 e. The van der Waals surface area contributed by atoms with Crippen LogP contribution in [0.5, 0.6) is 5.75 Å². The maximum atomic E-state index is 12.1. The minimum absolute atomic E-state index is 0.172. The summed E-state index contributed by atoms with van der Waals surface area (Å²) in [6, 6.07) is 5.99. The molecule has 0 saturated carbocycles. The first-order chi connectivity index (χ1) is 9.61. The molecule has 1 aromatic carbocycles. The predicted molar refractivity (Wildman–Crippen MR) is 79.8 cm³/mol. The second-order valence-electron chi connectivity index (χ2n) is 5.53. The Morgan fingerprint density at radius 3 is 2.95 bits per heavy atom. The van der Waals surface area contributed by atoms with Crippen molar-refractivity contribution in [2.45, 2.75) is 26.7 Å². The molecular weight excluding hydrogens is 252 g/mol. The number of nitrogens with two attached hydrogens (primary N) is 1. The molecule has 0 aliphatic carbocycles. The summed E-state index contributed by atoms with van der Waals surface area (Å²) in [5.74, 6) is 1.52. The van der Waals surface area contributed by atoms with Gasteiger partial charge in [0.15, 0.2) is 0 Å². The van der Waals surface area contributed by atoms with Crippen molar-refractivity contribution in [3.63, 3.8) is 0 Å². The fourth-order valence-corrected chi connectivity index (χ4v) is 2.54. The molecule has 20 heavy (non-hydrogen) atoms. The van der Waals surface area contributed by atoms with Gasteiger partial charge in [0.25, 0.3) is 0 Å². The van der Waals surface area contributed by atoms with Crippen LogP contribution >= 0.6 is 0 Å². The van der Waals surface area contributed by atoms with Gasteiger partial charge in [-0.1, -0.05) is 12.1 Å². The molecule has 1 amide bonds. The van der Waals surface area contributed by atoms with Crippen LogP contribution < -0.4 is 10.5 Å². The van der Waals surface area contributed by atoms with Gasteiger partial charge in [0.1, 0.15) is 5.75 Å². The Hall–Kier alpha value is -1.55. The van der Waals surface area contributed by atoms with Crippen LogP contribution in [0, 0.1) is 19.8 Å². The number of carbonyl (C=O) groups is 1. The Bertz CT molecular complexity index is 474. The number of likely N-dealkylation sites (tertiary alicyclic amines) is 1. The highest BCUT2D eigenvalue weighted by atomic mass is 16.5. The predicted octanol–water partition coefficient (Wildman–Crippen LogP) is 1.88. The average Bonchev–Trinajstić information content (AvgIpc) is 2.92. The number of nitrogens with zero attached hydrogens (tertiary/aromatic N) is 1. The van der Waals surface area contributed by atoms with E-state index in [1.807, 2.05) is 24.0 Å². The number of hydrogen-bond acceptors (Lipinski definition) is 3. The van der Waals surface area contributed by atoms with Crippen molar-refractivity contribution in [2.75, 3.05) is 26.2 Å². The Kier molecular flexibility index (Phi) is 5.01. The first-order valence-electron chi connectivity index (χ1n) is 7.28. The largest absolute Gasteiger partial charge is 0.493 e. The molecule has 1 aliphatic rings. The van der Waals surface area contributed by atoms with Gasteiger partial charge in [-0.3, -0.25) is 4.79 Å². The van der Waals surface area contributed by atoms with Gasteiger partial charge >= 0.3 is 0 Å². The van der Waals surface area contributed by atoms with E-state index in [0.717, 1.165) is 30.8 Å². The molecule has 110 valence electrons. The van der Waals surface area contributed by atoms with E-state index in [1.54, 1.807) is 0 Å². The monoisotopic (exact) mass is 276 g/mol. The summed E-state index contributed by atoms with van der Waals surface area (Å²) in [5, 5.41) is 0. The van der Waals surface area contributed by atoms with E-state index in [0.29, 0.717) is 25.5 Å². The van der Waals surface area contributed by atoms with Crippen LogP contribution in [-0.4, -0.2) is 37.0 Å². The van der Waals surface area contributed by atoms with E-state index < -0.39 is 0 Å². The maximum absolute atomic E-state index is 12.1. The Balaban J connectivity index is 1.78. The zero-order valence-electron chi connectivity index (χ0n) is 12.4. The zero-order valence-corrected chi connectivity index (χ0v) is 12.4. The van der Waals surface area contributed by atoms with Gasteiger partial charge in [-0.15, -0.1) is 0 Å². The molecule has 0 radical (unpaired) electrons. The van der Waals surface area contributed by atoms with Crippen molar-refractivity contribution >= 4 is 5.91 Å². The summed E-state index contributed by atoms with van der Waals surface area (Å²) >= 11 is 0. The van der Waals surface area contributed by atoms with Gasteiger partial charge < -0.3 is 15.4 Å². The van der Waals surface area contributed by atoms with Crippen LogP contribution in [0.1, 0.15) is 24.0 Å². The van der Waals surface area contributed by atoms with Gasteiger partial charge in [0, 0.05) is 13.1 Å². The van der Waals surface area contributed by atoms with Gasteiger partial charge in [-0.2, -0.15) is 0 Å². The highest BCUT2D eigenvalue weighted by molar-refractivity contribution is 5.76. The lowest BCUT2D eigenvalue weighted by Crippen LogP contribution is -2.30. The smallest absolute Gasteiger partial charge is 0.226 e. The zero-order chi connectivity index (χ0) is 14.5. The first-order valence-corrected chi connectivity index (χ1v) is 7.28. The van der Waals surface area contributed by atoms with Gasteiger partial charge in [-0.25, -0.2) is 0 Å². The molecule has 4 nitrogen and oxygen atoms in total. The topological polar surface area (TPSA) is 55.6 Å². The molecule has 2 rings (SSSR count). The van der Waals surface area contributed by atoms with Crippen molar-refractivity contribution in [1.82, 2.24) is 4.90 Å². The van der Waals surface area contributed by atoms with Gasteiger partial charge in [0.2, 0.25) is 5.91 Å². The normalized spacial score (nSPS) is 18.4. The molecule has 1 aromatic rings. The fraction of sp³-hybridized carbons (Fsp3) is 0.562. The van der Waals surface area contributed by atoms with Crippen molar-refractivity contribution in [2.24, 2.45) is 11.7 Å². The molecule has 0 unspecified atom stereocenters. The number of ether oxygens (including phenoxy) is 1. The van der Waals surface area contributed by atoms with E-state index >= 15 is 0 Å². The highest BCUT2D eigenvalue weighted by Crippen LogP contribution is 2.21. The van der Waals surface area contributed by atoms with Crippen LogP contribution in [0.15, 0.2) is 18.2 Å². The van der Waals surface area contributed by atoms with E-state index in [9.17, 15) is 4.79 Å². The van der Waals surface area contributed by atoms with Crippen molar-refractivity contribution in [1.29, 1.82) is 0 Å². The van der Waals surface area contributed by atoms with Crippen molar-refractivity contribution < 1.29 is 9.53 Å². The maximum Gasteiger partial charge on any atom is 0.226 e. The molecule has 2 N–H and O–H groups in total. The number of amides is 1. The van der Waals surface area contributed by atoms with Crippen LogP contribution in [0.25, 0.3) is 0 Å². The Labute approximate surface area is 120 Å². The number of aryl methyl sites for hydroxylation is 1. The van der Waals surface area contributed by atoms with E-state index in [2.05, 4.69) is 13.0 Å². The first kappa shape index (κ1) is 14.9. The summed E-state index contributed by atoms with van der Waals surface area (Å²) in [5.41, 5.74) is 7.99. The Morgan fingerprint density at radius 2 is 2.25 bits per heavy atom. The number of rotatable bonds is 5. The van der Waals surface area contributed by atoms with Crippen molar-refractivity contribution in [3.8, 4) is 5.75 Å². The standard InChI is InChI=1S/C16H24N2O2/c1-12-4-3-5-15(13(12)2)20-9-7-16(19)18-8-6-14(10-17)11-18/h3-5,14H,6-11,17H2,1-2H3/t14-/m1/s1. The third-order valence-corrected chi connectivity index (χ3v) is 4.10. The molecule has 1 atom stereocenters. The molecule has 4 heteroatoms. The summed E-state index contributed by atoms with van der Waals surface area (Å²) in [7, 11) is 0. The van der Waals surface area contributed by atoms with Crippen molar-refractivity contribution in [3.05, 3.63) is 29.3 Å². The molecule has 0 spiro atoms. The third-order valence-electron chi connectivity index (χ3n) is 4.10. The van der Waals surface area contributed by atoms with E-state index in [1.165, 1.54) is 5.56 Å². The van der Waals surface area contributed by atoms with Crippen LogP contribution in [0.3, 0.4) is 0 Å². The highest BCUT2D eigenvalue weighted by Gasteiger charge is 2.24. The summed E-state index contributed by atoms with van der Waals surface area (Å²) in [6.07, 6.45) is 1.46. The Morgan fingerprint density at radius 1 is 1.45 bits per heavy atom. The van der Waals surface area contributed by atoms with Gasteiger partial charge in [0.05, 0.1) is 13.0 Å². The molecular formula is C16H24N2O2. The summed E-state index contributed by atoms with van der Waals surface area (Å²) < 4.78 is 5.73. The lowest BCUT2D eigenvalue weighted by molar-refractivity contribution is -0.130. The lowest BCUT2D eigenvalue weighted by Gasteiger charge is -2.17. The number of carbonyl (C=O) groups excluding carboxylic acids is 1. The van der Waals surface area contributed by atoms with E-state index in [-0.39, 0.29) is 5.91 Å². The van der Waals surface area contributed by atoms with Crippen LogP contribution in [-0.2, 0) is 4.79 Å². The summed E-state index contributed by atoms with van der Waals surface area (Å²) in [4.78, 5) is 14.0. The number of benzene rings is 1. The second kappa shape index (κ2) is 6.75. The quantitative estimate of drug-likeness (QED) is 0.893. The summed E-state index contributed by atoms with van der Waals surface area (Å²) in [6.45, 7) is 6.85. The molecule has 1 aliphatic heterocycles. The van der Waals surface area contributed by atoms with Crippen LogP contribution in [0.2, 0.25) is 0 Å². The van der Waals surface area contributed by atoms with Crippen LogP contribution in [0.4, 0.5) is 0 Å². The van der Waals surface area contributed by atoms with E-state index in [4.69, 9.17) is 10.5 Å². The second-order valence-corrected chi connectivity index (χ2v) is 5.53. The molecule has 0 aromatic heterocycles. The minimum atomic E-state index is 0.172. The SMILES string of the molecule is Cc1cccc(OCCC(=O)N2CC[C@H](CN)C2)c1C. The van der Waals surface area contributed by atoms with Gasteiger partial charge in [-0.05, 0) is 49.9 Å². The lowest BCUT2D eigenvalue weighted by atomic mass is 10.1. The molecule has 0 bridgehead atoms. The molecule has 1 fully saturated rings. The molecule has 1 heterocycles. The average molecular weight is 276 g/mol. The fourth-order valence-electron chi connectivity index (χ4n) is 2.54.